The average molecular weight is 241 g/mol. The molecule has 1 aliphatic rings. The molecule has 0 radical (unpaired) electrons. The lowest BCUT2D eigenvalue weighted by molar-refractivity contribution is -0.0246. The maximum Gasteiger partial charge on any atom is 0.0598 e. The molecule has 0 heterocycles. The Morgan fingerprint density at radius 1 is 1.24 bits per heavy atom. The van der Waals surface area contributed by atoms with Gasteiger partial charge in [-0.2, -0.15) is 0 Å². The minimum absolute atomic E-state index is 0.0175. The van der Waals surface area contributed by atoms with Crippen molar-refractivity contribution in [3.8, 4) is 0 Å². The lowest BCUT2D eigenvalue weighted by Gasteiger charge is -2.40. The summed E-state index contributed by atoms with van der Waals surface area (Å²) in [5.74, 6) is 0.943. The Morgan fingerprint density at radius 2 is 1.82 bits per heavy atom. The Bertz CT molecular complexity index is 211. The van der Waals surface area contributed by atoms with E-state index in [9.17, 15) is 0 Å². The highest BCUT2D eigenvalue weighted by Crippen LogP contribution is 2.41. The Morgan fingerprint density at radius 3 is 2.24 bits per heavy atom. The number of hydrogen-bond donors (Lipinski definition) is 1. The van der Waals surface area contributed by atoms with E-state index in [1.807, 2.05) is 0 Å². The van der Waals surface area contributed by atoms with Crippen LogP contribution in [0.25, 0.3) is 0 Å². The van der Waals surface area contributed by atoms with Gasteiger partial charge in [-0.3, -0.25) is 0 Å². The van der Waals surface area contributed by atoms with Crippen molar-refractivity contribution >= 4 is 0 Å². The molecule has 0 saturated heterocycles. The van der Waals surface area contributed by atoms with Crippen molar-refractivity contribution in [1.82, 2.24) is 0 Å². The normalized spacial score (nSPS) is 30.5. The van der Waals surface area contributed by atoms with E-state index in [4.69, 9.17) is 10.5 Å². The minimum atomic E-state index is -0.0175. The third-order valence-corrected chi connectivity index (χ3v) is 4.34. The molecule has 1 fully saturated rings. The lowest BCUT2D eigenvalue weighted by atomic mass is 9.68. The van der Waals surface area contributed by atoms with Crippen LogP contribution in [0.5, 0.6) is 0 Å². The van der Waals surface area contributed by atoms with Gasteiger partial charge < -0.3 is 10.5 Å². The first kappa shape index (κ1) is 15.0. The van der Waals surface area contributed by atoms with Gasteiger partial charge >= 0.3 is 0 Å². The van der Waals surface area contributed by atoms with Crippen LogP contribution < -0.4 is 5.73 Å². The van der Waals surface area contributed by atoms with Crippen molar-refractivity contribution in [3.63, 3.8) is 0 Å². The minimum Gasteiger partial charge on any atom is -0.376 e. The topological polar surface area (TPSA) is 35.2 Å². The fourth-order valence-corrected chi connectivity index (χ4v) is 2.83. The predicted octanol–water partition coefficient (Wildman–Crippen LogP) is 3.74. The Labute approximate surface area is 107 Å². The highest BCUT2D eigenvalue weighted by Gasteiger charge is 2.33. The number of nitrogens with two attached hydrogens (primary N) is 1. The zero-order valence-electron chi connectivity index (χ0n) is 12.2. The van der Waals surface area contributed by atoms with Gasteiger partial charge in [0.05, 0.1) is 5.60 Å². The van der Waals surface area contributed by atoms with Crippen molar-refractivity contribution in [3.05, 3.63) is 0 Å². The molecule has 2 nitrogen and oxygen atoms in total. The van der Waals surface area contributed by atoms with Gasteiger partial charge in [0.1, 0.15) is 0 Å². The molecule has 1 aliphatic carbocycles. The standard InChI is InChI=1S/C15H31NO/c1-5-13-6-8-15(12-16,9-7-13)10-11-17-14(2,3)4/h13H,5-12,16H2,1-4H3. The number of hydrogen-bond acceptors (Lipinski definition) is 2. The molecular weight excluding hydrogens is 210 g/mol. The highest BCUT2D eigenvalue weighted by atomic mass is 16.5. The molecule has 0 unspecified atom stereocenters. The molecule has 0 aliphatic heterocycles. The zero-order valence-corrected chi connectivity index (χ0v) is 12.2. The molecule has 2 N–H and O–H groups in total. The fraction of sp³-hybridized carbons (Fsp3) is 1.00. The van der Waals surface area contributed by atoms with Crippen LogP contribution in [0.1, 0.15) is 66.2 Å². The van der Waals surface area contributed by atoms with Gasteiger partial charge in [0.25, 0.3) is 0 Å². The van der Waals surface area contributed by atoms with Gasteiger partial charge in [-0.15, -0.1) is 0 Å². The average Bonchev–Trinajstić information content (AvgIpc) is 2.28. The molecule has 0 aromatic rings. The van der Waals surface area contributed by atoms with Crippen LogP contribution in [0.2, 0.25) is 0 Å². The summed E-state index contributed by atoms with van der Waals surface area (Å²) >= 11 is 0. The van der Waals surface area contributed by atoms with Gasteiger partial charge in [0.15, 0.2) is 0 Å². The van der Waals surface area contributed by atoms with Crippen LogP contribution in [0.4, 0.5) is 0 Å². The van der Waals surface area contributed by atoms with E-state index in [1.165, 1.54) is 32.1 Å². The summed E-state index contributed by atoms with van der Waals surface area (Å²) in [6.45, 7) is 10.4. The summed E-state index contributed by atoms with van der Waals surface area (Å²) in [6.07, 6.45) is 7.80. The molecular formula is C15H31NO. The second-order valence-corrected chi connectivity index (χ2v) is 6.77. The Hall–Kier alpha value is -0.0800. The largest absolute Gasteiger partial charge is 0.376 e. The molecule has 0 aromatic carbocycles. The van der Waals surface area contributed by atoms with E-state index in [1.54, 1.807) is 0 Å². The molecule has 17 heavy (non-hydrogen) atoms. The van der Waals surface area contributed by atoms with E-state index < -0.39 is 0 Å². The van der Waals surface area contributed by atoms with Crippen molar-refractivity contribution < 1.29 is 4.74 Å². The molecule has 0 atom stereocenters. The summed E-state index contributed by atoms with van der Waals surface area (Å²) in [5.41, 5.74) is 6.37. The molecule has 0 spiro atoms. The zero-order chi connectivity index (χ0) is 12.9. The van der Waals surface area contributed by atoms with Gasteiger partial charge in [-0.25, -0.2) is 0 Å². The van der Waals surface area contributed by atoms with Crippen molar-refractivity contribution in [2.75, 3.05) is 13.2 Å². The van der Waals surface area contributed by atoms with Crippen LogP contribution in [0.15, 0.2) is 0 Å². The molecule has 1 rings (SSSR count). The highest BCUT2D eigenvalue weighted by molar-refractivity contribution is 4.86. The number of ether oxygens (including phenoxy) is 1. The van der Waals surface area contributed by atoms with E-state index in [0.29, 0.717) is 5.41 Å². The summed E-state index contributed by atoms with van der Waals surface area (Å²) in [4.78, 5) is 0. The molecule has 2 heteroatoms. The maximum atomic E-state index is 6.02. The lowest BCUT2D eigenvalue weighted by Crippen LogP contribution is -2.36. The van der Waals surface area contributed by atoms with Crippen LogP contribution >= 0.6 is 0 Å². The van der Waals surface area contributed by atoms with Crippen molar-refractivity contribution in [1.29, 1.82) is 0 Å². The summed E-state index contributed by atoms with van der Waals surface area (Å²) in [7, 11) is 0. The summed E-state index contributed by atoms with van der Waals surface area (Å²) in [5, 5.41) is 0. The Kier molecular flexibility index (Phi) is 5.46. The van der Waals surface area contributed by atoms with Crippen LogP contribution in [0.3, 0.4) is 0 Å². The first-order valence-electron chi connectivity index (χ1n) is 7.25. The van der Waals surface area contributed by atoms with E-state index in [-0.39, 0.29) is 5.60 Å². The van der Waals surface area contributed by atoms with Crippen molar-refractivity contribution in [2.45, 2.75) is 71.8 Å². The molecule has 0 bridgehead atoms. The second-order valence-electron chi connectivity index (χ2n) is 6.77. The third kappa shape index (κ3) is 4.97. The third-order valence-electron chi connectivity index (χ3n) is 4.34. The van der Waals surface area contributed by atoms with Crippen molar-refractivity contribution in [2.24, 2.45) is 17.1 Å². The van der Waals surface area contributed by atoms with Gasteiger partial charge in [-0.05, 0) is 70.8 Å². The van der Waals surface area contributed by atoms with Crippen LogP contribution in [0, 0.1) is 11.3 Å². The fourth-order valence-electron chi connectivity index (χ4n) is 2.83. The van der Waals surface area contributed by atoms with Gasteiger partial charge in [0, 0.05) is 6.61 Å². The molecule has 102 valence electrons. The van der Waals surface area contributed by atoms with Crippen LogP contribution in [-0.4, -0.2) is 18.8 Å². The number of rotatable bonds is 5. The smallest absolute Gasteiger partial charge is 0.0598 e. The van der Waals surface area contributed by atoms with E-state index in [2.05, 4.69) is 27.7 Å². The first-order valence-corrected chi connectivity index (χ1v) is 7.25. The monoisotopic (exact) mass is 241 g/mol. The first-order chi connectivity index (χ1) is 7.91. The predicted molar refractivity (Wildman–Crippen MR) is 74.1 cm³/mol. The molecule has 0 aromatic heterocycles. The summed E-state index contributed by atoms with van der Waals surface area (Å²) < 4.78 is 5.86. The van der Waals surface area contributed by atoms with Crippen LogP contribution in [-0.2, 0) is 4.74 Å². The summed E-state index contributed by atoms with van der Waals surface area (Å²) in [6, 6.07) is 0. The maximum absolute atomic E-state index is 6.02. The molecule has 1 saturated carbocycles. The van der Waals surface area contributed by atoms with Gasteiger partial charge in [0.2, 0.25) is 0 Å². The Balaban J connectivity index is 2.37. The van der Waals surface area contributed by atoms with Gasteiger partial charge in [-0.1, -0.05) is 13.3 Å². The van der Waals surface area contributed by atoms with E-state index in [0.717, 1.165) is 25.5 Å². The second kappa shape index (κ2) is 6.19. The SMILES string of the molecule is CCC1CCC(CN)(CCOC(C)(C)C)CC1. The van der Waals surface area contributed by atoms with E-state index >= 15 is 0 Å². The molecule has 0 amide bonds. The quantitative estimate of drug-likeness (QED) is 0.796.